The van der Waals surface area contributed by atoms with Crippen LogP contribution in [0.5, 0.6) is 0 Å². The number of rotatable bonds is 9. The summed E-state index contributed by atoms with van der Waals surface area (Å²) in [6.07, 6.45) is 8.49. The molecule has 0 radical (unpaired) electrons. The number of nitrogens with zero attached hydrogens (tertiary/aromatic N) is 1. The molecule has 0 bridgehead atoms. The van der Waals surface area contributed by atoms with E-state index >= 15 is 0 Å². The van der Waals surface area contributed by atoms with Gasteiger partial charge in [0, 0.05) is 24.2 Å². The van der Waals surface area contributed by atoms with Crippen molar-refractivity contribution in [3.63, 3.8) is 0 Å². The Balaban J connectivity index is 1.34. The van der Waals surface area contributed by atoms with Crippen molar-refractivity contribution >= 4 is 21.3 Å². The Labute approximate surface area is 180 Å². The molecule has 2 aliphatic carbocycles. The average Bonchev–Trinajstić information content (AvgIpc) is 3.11. The van der Waals surface area contributed by atoms with Gasteiger partial charge in [-0.1, -0.05) is 38.3 Å². The quantitative estimate of drug-likeness (QED) is 0.583. The number of anilines is 1. The lowest BCUT2D eigenvalue weighted by Crippen LogP contribution is -2.34. The molecule has 0 amide bonds. The van der Waals surface area contributed by atoms with Crippen molar-refractivity contribution in [3.05, 3.63) is 29.8 Å². The predicted octanol–water partition coefficient (Wildman–Crippen LogP) is 3.30. The van der Waals surface area contributed by atoms with Gasteiger partial charge in [0.2, 0.25) is 0 Å². The third kappa shape index (κ3) is 4.16. The van der Waals surface area contributed by atoms with Gasteiger partial charge >= 0.3 is 0 Å². The maximum Gasteiger partial charge on any atom is 0.292 e. The molecule has 2 unspecified atom stereocenters. The van der Waals surface area contributed by atoms with Crippen molar-refractivity contribution in [2.45, 2.75) is 69.3 Å². The minimum absolute atomic E-state index is 0.0528. The molecule has 6 nitrogen and oxygen atoms in total. The number of nitrogens with one attached hydrogen (secondary N) is 1. The number of likely N-dealkylation sites (tertiary alicyclic amines) is 1. The van der Waals surface area contributed by atoms with Gasteiger partial charge < -0.3 is 10.0 Å². The first kappa shape index (κ1) is 21.8. The second-order valence-electron chi connectivity index (χ2n) is 9.58. The highest BCUT2D eigenvalue weighted by Crippen LogP contribution is 2.65. The van der Waals surface area contributed by atoms with Crippen LogP contribution in [0.3, 0.4) is 0 Å². The zero-order chi connectivity index (χ0) is 21.4. The van der Waals surface area contributed by atoms with Crippen LogP contribution in [0.1, 0.15) is 63.9 Å². The predicted molar refractivity (Wildman–Crippen MR) is 118 cm³/mol. The van der Waals surface area contributed by atoms with Gasteiger partial charge in [0.1, 0.15) is 0 Å². The summed E-state index contributed by atoms with van der Waals surface area (Å²) >= 11 is 0. The Morgan fingerprint density at radius 3 is 2.53 bits per heavy atom. The van der Waals surface area contributed by atoms with Crippen LogP contribution < -0.4 is 4.72 Å². The second-order valence-corrected chi connectivity index (χ2v) is 11.1. The van der Waals surface area contributed by atoms with E-state index in [0.29, 0.717) is 17.5 Å². The number of aliphatic hydroxyl groups is 1. The Hall–Kier alpha value is -1.44. The lowest BCUT2D eigenvalue weighted by atomic mass is 9.81. The molecule has 2 N–H and O–H groups in total. The molecule has 1 heterocycles. The molecular formula is C23H34N2O4S. The summed E-state index contributed by atoms with van der Waals surface area (Å²) < 4.78 is 25.5. The molecule has 166 valence electrons. The van der Waals surface area contributed by atoms with Crippen LogP contribution in [0.2, 0.25) is 0 Å². The van der Waals surface area contributed by atoms with Crippen LogP contribution in [-0.4, -0.2) is 49.3 Å². The number of piperidine rings is 1. The normalized spacial score (nSPS) is 30.6. The second kappa shape index (κ2) is 8.24. The van der Waals surface area contributed by atoms with Gasteiger partial charge in [-0.2, -0.15) is 8.42 Å². The van der Waals surface area contributed by atoms with Crippen LogP contribution in [0, 0.1) is 11.8 Å². The highest BCUT2D eigenvalue weighted by molar-refractivity contribution is 8.05. The first-order valence-corrected chi connectivity index (χ1v) is 12.9. The van der Waals surface area contributed by atoms with E-state index in [1.54, 1.807) is 6.07 Å². The summed E-state index contributed by atoms with van der Waals surface area (Å²) in [6, 6.07) is 7.54. The van der Waals surface area contributed by atoms with E-state index in [1.165, 1.54) is 12.0 Å². The topological polar surface area (TPSA) is 86.7 Å². The van der Waals surface area contributed by atoms with Crippen molar-refractivity contribution in [2.24, 2.45) is 11.8 Å². The highest BCUT2D eigenvalue weighted by Gasteiger charge is 2.67. The molecule has 1 aromatic rings. The SMILES string of the molecule is CCC1(c2cccc(NS(=O)(=O)C=O)c2)C2CN(CCCC3(O)CCCCC3)CC21. The summed E-state index contributed by atoms with van der Waals surface area (Å²) in [5.74, 6) is 1.19. The Bertz CT molecular complexity index is 867. The minimum Gasteiger partial charge on any atom is -0.390 e. The van der Waals surface area contributed by atoms with Gasteiger partial charge in [0.05, 0.1) is 5.60 Å². The van der Waals surface area contributed by atoms with Gasteiger partial charge in [-0.25, -0.2) is 0 Å². The molecule has 0 spiro atoms. The fourth-order valence-corrected chi connectivity index (χ4v) is 6.81. The zero-order valence-corrected chi connectivity index (χ0v) is 18.7. The lowest BCUT2D eigenvalue weighted by molar-refractivity contribution is -0.00722. The average molecular weight is 435 g/mol. The van der Waals surface area contributed by atoms with Crippen LogP contribution in [0.25, 0.3) is 0 Å². The molecule has 3 fully saturated rings. The molecule has 2 saturated carbocycles. The highest BCUT2D eigenvalue weighted by atomic mass is 32.2. The van der Waals surface area contributed by atoms with E-state index < -0.39 is 15.6 Å². The first-order chi connectivity index (χ1) is 14.3. The molecule has 1 aliphatic heterocycles. The maximum atomic E-state index is 11.6. The molecule has 1 aromatic carbocycles. The van der Waals surface area contributed by atoms with E-state index in [1.807, 2.05) is 12.1 Å². The molecule has 2 atom stereocenters. The minimum atomic E-state index is -3.93. The van der Waals surface area contributed by atoms with Crippen LogP contribution in [0.4, 0.5) is 5.69 Å². The molecule has 4 rings (SSSR count). The van der Waals surface area contributed by atoms with Gasteiger partial charge in [0.25, 0.3) is 15.6 Å². The summed E-state index contributed by atoms with van der Waals surface area (Å²) in [4.78, 5) is 13.2. The Morgan fingerprint density at radius 2 is 1.90 bits per heavy atom. The van der Waals surface area contributed by atoms with Gasteiger partial charge in [0.15, 0.2) is 0 Å². The lowest BCUT2D eigenvalue weighted by Gasteiger charge is -2.33. The summed E-state index contributed by atoms with van der Waals surface area (Å²) in [6.45, 7) is 5.40. The fraction of sp³-hybridized carbons (Fsp3) is 0.696. The standard InChI is InChI=1S/C23H34N2O4S/c1-2-23(18-8-6-9-19(14-18)24-30(28,29)17-26)20-15-25(16-21(20)23)13-7-12-22(27)10-4-3-5-11-22/h6,8-9,14,17,20-21,24,27H,2-5,7,10-13,15-16H2,1H3. The third-order valence-corrected chi connectivity index (χ3v) is 8.66. The number of carbonyl (C=O) groups is 1. The number of carbonyl (C=O) groups excluding carboxylic acids is 1. The Morgan fingerprint density at radius 1 is 1.20 bits per heavy atom. The summed E-state index contributed by atoms with van der Waals surface area (Å²) in [5.41, 5.74) is 1.25. The first-order valence-electron chi connectivity index (χ1n) is 11.4. The van der Waals surface area contributed by atoms with Crippen molar-refractivity contribution in [2.75, 3.05) is 24.4 Å². The maximum absolute atomic E-state index is 11.6. The fourth-order valence-electron chi connectivity index (χ4n) is 6.31. The molecule has 3 aliphatic rings. The number of benzene rings is 1. The number of hydrogen-bond acceptors (Lipinski definition) is 5. The van der Waals surface area contributed by atoms with Crippen LogP contribution in [-0.2, 0) is 20.2 Å². The van der Waals surface area contributed by atoms with Crippen LogP contribution in [0.15, 0.2) is 24.3 Å². The molecule has 0 aromatic heterocycles. The largest absolute Gasteiger partial charge is 0.390 e. The zero-order valence-electron chi connectivity index (χ0n) is 17.8. The van der Waals surface area contributed by atoms with Crippen molar-refractivity contribution in [3.8, 4) is 0 Å². The third-order valence-electron chi connectivity index (χ3n) is 7.88. The molecular weight excluding hydrogens is 400 g/mol. The van der Waals surface area contributed by atoms with Gasteiger partial charge in [-0.05, 0) is 68.2 Å². The van der Waals surface area contributed by atoms with Crippen LogP contribution >= 0.6 is 0 Å². The van der Waals surface area contributed by atoms with E-state index in [0.717, 1.165) is 64.6 Å². The molecule has 1 saturated heterocycles. The van der Waals surface area contributed by atoms with E-state index in [2.05, 4.69) is 22.6 Å². The van der Waals surface area contributed by atoms with Crippen molar-refractivity contribution in [1.82, 2.24) is 4.90 Å². The molecule has 7 heteroatoms. The van der Waals surface area contributed by atoms with Crippen molar-refractivity contribution in [1.29, 1.82) is 0 Å². The molecule has 30 heavy (non-hydrogen) atoms. The van der Waals surface area contributed by atoms with Gasteiger partial charge in [-0.3, -0.25) is 9.52 Å². The van der Waals surface area contributed by atoms with E-state index in [9.17, 15) is 18.3 Å². The number of hydrogen-bond donors (Lipinski definition) is 2. The van der Waals surface area contributed by atoms with Gasteiger partial charge in [-0.15, -0.1) is 0 Å². The van der Waals surface area contributed by atoms with E-state index in [-0.39, 0.29) is 11.0 Å². The summed E-state index contributed by atoms with van der Waals surface area (Å²) in [7, 11) is -3.93. The van der Waals surface area contributed by atoms with E-state index in [4.69, 9.17) is 0 Å². The summed E-state index contributed by atoms with van der Waals surface area (Å²) in [5, 5.41) is 10.7. The Kier molecular flexibility index (Phi) is 5.99. The number of fused-ring (bicyclic) bond motifs is 1. The monoisotopic (exact) mass is 434 g/mol. The number of sulfonamides is 1. The van der Waals surface area contributed by atoms with Crippen molar-refractivity contribution < 1.29 is 18.3 Å². The smallest absolute Gasteiger partial charge is 0.292 e.